The highest BCUT2D eigenvalue weighted by Gasteiger charge is 2.32. The van der Waals surface area contributed by atoms with Gasteiger partial charge >= 0.3 is 5.97 Å². The standard InChI is InChI=1S/C22H22N4O5/c1-4-7-14-10-15(19-12(2)25-31-20(19)23-14)22(29)30-13(3)21(28)26-11-18(27)24-16-8-5-6-9-17(16)26/h5-6,8-10,13H,4,7,11H2,1-3H3,(H,24,27). The number of anilines is 2. The third-order valence-electron chi connectivity index (χ3n) is 5.06. The van der Waals surface area contributed by atoms with Crippen LogP contribution >= 0.6 is 0 Å². The first-order valence-corrected chi connectivity index (χ1v) is 10.1. The summed E-state index contributed by atoms with van der Waals surface area (Å²) >= 11 is 0. The van der Waals surface area contributed by atoms with Gasteiger partial charge in [-0.25, -0.2) is 9.78 Å². The molecule has 2 aromatic heterocycles. The number of hydrogen-bond acceptors (Lipinski definition) is 7. The maximum atomic E-state index is 13.0. The minimum absolute atomic E-state index is 0.150. The molecule has 1 unspecified atom stereocenters. The third-order valence-corrected chi connectivity index (χ3v) is 5.06. The molecule has 9 heteroatoms. The molecule has 1 aromatic carbocycles. The van der Waals surface area contributed by atoms with Gasteiger partial charge in [-0.15, -0.1) is 0 Å². The molecular formula is C22H22N4O5. The van der Waals surface area contributed by atoms with Crippen LogP contribution in [0, 0.1) is 6.92 Å². The molecule has 0 spiro atoms. The molecule has 0 bridgehead atoms. The normalized spacial score (nSPS) is 14.2. The maximum Gasteiger partial charge on any atom is 0.339 e. The van der Waals surface area contributed by atoms with E-state index in [1.807, 2.05) is 6.92 Å². The molecule has 0 fully saturated rings. The molecule has 4 rings (SSSR count). The first kappa shape index (κ1) is 20.5. The van der Waals surface area contributed by atoms with Crippen LogP contribution in [-0.4, -0.2) is 40.6 Å². The number of hydrogen-bond donors (Lipinski definition) is 1. The van der Waals surface area contributed by atoms with Gasteiger partial charge in [0.05, 0.1) is 28.0 Å². The minimum atomic E-state index is -1.11. The molecule has 160 valence electrons. The van der Waals surface area contributed by atoms with E-state index in [2.05, 4.69) is 15.5 Å². The number of aromatic nitrogens is 2. The molecule has 0 aliphatic carbocycles. The number of aryl methyl sites for hydroxylation is 2. The zero-order chi connectivity index (χ0) is 22.1. The van der Waals surface area contributed by atoms with Crippen LogP contribution in [0.2, 0.25) is 0 Å². The lowest BCUT2D eigenvalue weighted by molar-refractivity contribution is -0.128. The Balaban J connectivity index is 1.60. The monoisotopic (exact) mass is 422 g/mol. The predicted molar refractivity (Wildman–Crippen MR) is 113 cm³/mol. The lowest BCUT2D eigenvalue weighted by Gasteiger charge is -2.30. The summed E-state index contributed by atoms with van der Waals surface area (Å²) in [6.07, 6.45) is 0.389. The average molecular weight is 422 g/mol. The Kier molecular flexibility index (Phi) is 5.41. The molecule has 3 aromatic rings. The van der Waals surface area contributed by atoms with Gasteiger partial charge in [-0.1, -0.05) is 30.6 Å². The van der Waals surface area contributed by atoms with Crippen molar-refractivity contribution in [3.63, 3.8) is 0 Å². The summed E-state index contributed by atoms with van der Waals surface area (Å²) in [5, 5.41) is 7.09. The molecule has 2 amide bonds. The van der Waals surface area contributed by atoms with Crippen molar-refractivity contribution in [3.8, 4) is 0 Å². The highest BCUT2D eigenvalue weighted by molar-refractivity contribution is 6.11. The Bertz CT molecular complexity index is 1190. The number of rotatable bonds is 5. The fraction of sp³-hybridized carbons (Fsp3) is 0.318. The van der Waals surface area contributed by atoms with Crippen molar-refractivity contribution in [3.05, 3.63) is 47.3 Å². The highest BCUT2D eigenvalue weighted by Crippen LogP contribution is 2.30. The first-order valence-electron chi connectivity index (χ1n) is 10.1. The SMILES string of the molecule is CCCc1cc(C(=O)OC(C)C(=O)N2CC(=O)Nc3ccccc32)c2c(C)noc2n1. The quantitative estimate of drug-likeness (QED) is 0.629. The number of esters is 1. The van der Waals surface area contributed by atoms with Crippen molar-refractivity contribution in [2.75, 3.05) is 16.8 Å². The minimum Gasteiger partial charge on any atom is -0.449 e. The molecule has 1 atom stereocenters. The van der Waals surface area contributed by atoms with Gasteiger partial charge in [0, 0.05) is 5.69 Å². The summed E-state index contributed by atoms with van der Waals surface area (Å²) < 4.78 is 10.7. The molecule has 0 saturated carbocycles. The fourth-order valence-corrected chi connectivity index (χ4v) is 3.61. The number of fused-ring (bicyclic) bond motifs is 2. The van der Waals surface area contributed by atoms with Crippen molar-refractivity contribution in [2.24, 2.45) is 0 Å². The van der Waals surface area contributed by atoms with Crippen molar-refractivity contribution in [2.45, 2.75) is 39.7 Å². The molecule has 0 radical (unpaired) electrons. The van der Waals surface area contributed by atoms with Crippen LogP contribution in [0.4, 0.5) is 11.4 Å². The summed E-state index contributed by atoms with van der Waals surface area (Å²) in [7, 11) is 0. The molecule has 31 heavy (non-hydrogen) atoms. The Morgan fingerprint density at radius 1 is 1.32 bits per heavy atom. The number of benzene rings is 1. The van der Waals surface area contributed by atoms with Crippen LogP contribution in [0.5, 0.6) is 0 Å². The van der Waals surface area contributed by atoms with Crippen molar-refractivity contribution >= 4 is 40.3 Å². The number of nitrogens with zero attached hydrogens (tertiary/aromatic N) is 3. The number of carbonyl (C=O) groups excluding carboxylic acids is 3. The van der Waals surface area contributed by atoms with Crippen molar-refractivity contribution in [1.82, 2.24) is 10.1 Å². The Morgan fingerprint density at radius 3 is 2.87 bits per heavy atom. The lowest BCUT2D eigenvalue weighted by atomic mass is 10.1. The number of pyridine rings is 1. The van der Waals surface area contributed by atoms with Crippen LogP contribution in [-0.2, 0) is 20.7 Å². The summed E-state index contributed by atoms with van der Waals surface area (Å²) in [6.45, 7) is 5.05. The second-order valence-electron chi connectivity index (χ2n) is 7.40. The van der Waals surface area contributed by atoms with E-state index in [9.17, 15) is 14.4 Å². The zero-order valence-corrected chi connectivity index (χ0v) is 17.5. The summed E-state index contributed by atoms with van der Waals surface area (Å²) in [4.78, 5) is 43.8. The Morgan fingerprint density at radius 2 is 2.10 bits per heavy atom. The van der Waals surface area contributed by atoms with E-state index in [1.165, 1.54) is 11.8 Å². The second kappa shape index (κ2) is 8.17. The van der Waals surface area contributed by atoms with E-state index >= 15 is 0 Å². The summed E-state index contributed by atoms with van der Waals surface area (Å²) in [5.74, 6) is -1.48. The van der Waals surface area contributed by atoms with E-state index in [-0.39, 0.29) is 23.7 Å². The van der Waals surface area contributed by atoms with Crippen LogP contribution in [0.3, 0.4) is 0 Å². The van der Waals surface area contributed by atoms with E-state index in [0.717, 1.165) is 6.42 Å². The van der Waals surface area contributed by atoms with E-state index in [1.54, 1.807) is 37.3 Å². The van der Waals surface area contributed by atoms with Crippen molar-refractivity contribution < 1.29 is 23.6 Å². The fourth-order valence-electron chi connectivity index (χ4n) is 3.61. The number of ether oxygens (including phenoxy) is 1. The molecule has 9 nitrogen and oxygen atoms in total. The molecule has 1 aliphatic rings. The topological polar surface area (TPSA) is 115 Å². The molecular weight excluding hydrogens is 400 g/mol. The van der Waals surface area contributed by atoms with Gasteiger partial charge in [0.15, 0.2) is 6.10 Å². The Labute approximate surface area is 178 Å². The highest BCUT2D eigenvalue weighted by atomic mass is 16.5. The smallest absolute Gasteiger partial charge is 0.339 e. The first-order chi connectivity index (χ1) is 14.9. The molecule has 0 saturated heterocycles. The van der Waals surface area contributed by atoms with E-state index in [4.69, 9.17) is 9.26 Å². The van der Waals surface area contributed by atoms with E-state index < -0.39 is 18.0 Å². The second-order valence-corrected chi connectivity index (χ2v) is 7.40. The van der Waals surface area contributed by atoms with Gasteiger partial charge in [-0.2, -0.15) is 0 Å². The van der Waals surface area contributed by atoms with E-state index in [0.29, 0.717) is 34.6 Å². The lowest BCUT2D eigenvalue weighted by Crippen LogP contribution is -2.47. The van der Waals surface area contributed by atoms with Gasteiger partial charge < -0.3 is 14.6 Å². The maximum absolute atomic E-state index is 13.0. The summed E-state index contributed by atoms with van der Waals surface area (Å²) in [5.41, 5.74) is 2.80. The average Bonchev–Trinajstić information content (AvgIpc) is 3.12. The number of para-hydroxylation sites is 2. The van der Waals surface area contributed by atoms with Crippen LogP contribution < -0.4 is 10.2 Å². The van der Waals surface area contributed by atoms with Gasteiger partial charge in [0.25, 0.3) is 11.6 Å². The largest absolute Gasteiger partial charge is 0.449 e. The van der Waals surface area contributed by atoms with Gasteiger partial charge in [0.2, 0.25) is 5.91 Å². The number of amides is 2. The van der Waals surface area contributed by atoms with Crippen LogP contribution in [0.15, 0.2) is 34.9 Å². The zero-order valence-electron chi connectivity index (χ0n) is 17.5. The summed E-state index contributed by atoms with van der Waals surface area (Å²) in [6, 6.07) is 8.62. The third kappa shape index (κ3) is 3.86. The molecule has 1 N–H and O–H groups in total. The van der Waals surface area contributed by atoms with Gasteiger partial charge in [0.1, 0.15) is 6.54 Å². The number of carbonyl (C=O) groups is 3. The molecule has 1 aliphatic heterocycles. The predicted octanol–water partition coefficient (Wildman–Crippen LogP) is 3.01. The van der Waals surface area contributed by atoms with Crippen LogP contribution in [0.1, 0.15) is 42.0 Å². The number of nitrogens with one attached hydrogen (secondary N) is 1. The van der Waals surface area contributed by atoms with Crippen LogP contribution in [0.25, 0.3) is 11.1 Å². The van der Waals surface area contributed by atoms with Crippen molar-refractivity contribution in [1.29, 1.82) is 0 Å². The molecule has 3 heterocycles. The van der Waals surface area contributed by atoms with Gasteiger partial charge in [-0.05, 0) is 38.5 Å². The Hall–Kier alpha value is -3.75. The van der Waals surface area contributed by atoms with Gasteiger partial charge in [-0.3, -0.25) is 14.5 Å².